The average Bonchev–Trinajstić information content (AvgIpc) is 2.90. The number of nitrogens with one attached hydrogen (secondary N) is 2. The molecule has 4 aromatic rings. The Morgan fingerprint density at radius 3 is 2.36 bits per heavy atom. The number of hydrogen-bond acceptors (Lipinski definition) is 7. The van der Waals surface area contributed by atoms with E-state index in [4.69, 9.17) is 16.0 Å². The Kier molecular flexibility index (Phi) is 9.97. The standard InChI is InChI=1S/C27H25N5O2S.HI.2H2/c1-35-25-14-9-20(23-12-13-24(32-29)26(28)31-23)15-22(25)27(33)30-21-10-7-19(8-11-21)17-34-16-18-5-3-2-4-6-18;;;/h2-15,29H,16-17H2,1H3,(H2,28,31)(H,30,33);3*1H. The predicted octanol–water partition coefficient (Wildman–Crippen LogP) is 7.79. The molecule has 4 N–H and O–H groups in total. The summed E-state index contributed by atoms with van der Waals surface area (Å²) in [5.74, 6) is -0.0414. The van der Waals surface area contributed by atoms with Gasteiger partial charge in [-0.2, -0.15) is 5.11 Å². The highest BCUT2D eigenvalue weighted by atomic mass is 127. The third-order valence-corrected chi connectivity index (χ3v) is 6.15. The summed E-state index contributed by atoms with van der Waals surface area (Å²) in [6.45, 7) is 1.04. The first-order chi connectivity index (χ1) is 17.1. The molecule has 9 heteroatoms. The molecule has 3 aromatic carbocycles. The van der Waals surface area contributed by atoms with Gasteiger partial charge in [0.1, 0.15) is 5.69 Å². The summed E-state index contributed by atoms with van der Waals surface area (Å²) in [4.78, 5) is 18.3. The molecule has 0 aliphatic rings. The van der Waals surface area contributed by atoms with E-state index in [-0.39, 0.29) is 38.6 Å². The number of nitrogens with two attached hydrogens (primary N) is 1. The van der Waals surface area contributed by atoms with Gasteiger partial charge in [-0.15, -0.1) is 35.7 Å². The third kappa shape index (κ3) is 6.90. The number of hydrogen-bond donors (Lipinski definition) is 3. The number of halogens is 1. The van der Waals surface area contributed by atoms with Crippen molar-refractivity contribution < 1.29 is 12.4 Å². The van der Waals surface area contributed by atoms with E-state index in [1.807, 2.05) is 73.0 Å². The number of ether oxygens (including phenoxy) is 1. The number of nitrogen functional groups attached to an aromatic ring is 1. The largest absolute Gasteiger partial charge is 0.382 e. The third-order valence-electron chi connectivity index (χ3n) is 5.35. The first kappa shape index (κ1) is 27.3. The number of benzene rings is 3. The minimum Gasteiger partial charge on any atom is -0.382 e. The molecule has 1 heterocycles. The topological polar surface area (TPSA) is 113 Å². The molecule has 1 aromatic heterocycles. The average molecular weight is 616 g/mol. The first-order valence-corrected chi connectivity index (χ1v) is 12.1. The van der Waals surface area contributed by atoms with Crippen molar-refractivity contribution in [3.05, 3.63) is 102 Å². The highest BCUT2D eigenvalue weighted by Gasteiger charge is 2.14. The Hall–Kier alpha value is -3.28. The van der Waals surface area contributed by atoms with Crippen molar-refractivity contribution in [2.45, 2.75) is 18.1 Å². The van der Waals surface area contributed by atoms with Gasteiger partial charge in [0.05, 0.1) is 24.5 Å². The fourth-order valence-electron chi connectivity index (χ4n) is 3.51. The van der Waals surface area contributed by atoms with Crippen molar-refractivity contribution in [3.63, 3.8) is 0 Å². The van der Waals surface area contributed by atoms with Gasteiger partial charge in [-0.05, 0) is 53.8 Å². The molecule has 7 nitrogen and oxygen atoms in total. The van der Waals surface area contributed by atoms with Crippen LogP contribution in [0.4, 0.5) is 17.2 Å². The number of aromatic nitrogens is 1. The van der Waals surface area contributed by atoms with Crippen molar-refractivity contribution in [3.8, 4) is 11.3 Å². The van der Waals surface area contributed by atoms with E-state index in [0.717, 1.165) is 21.6 Å². The van der Waals surface area contributed by atoms with Crippen LogP contribution in [0.3, 0.4) is 0 Å². The zero-order valence-electron chi connectivity index (χ0n) is 19.6. The number of nitrogens with zero attached hydrogens (tertiary/aromatic N) is 2. The second kappa shape index (κ2) is 13.1. The fraction of sp³-hybridized carbons (Fsp3) is 0.111. The van der Waals surface area contributed by atoms with Crippen molar-refractivity contribution >= 4 is 58.8 Å². The molecule has 0 fully saturated rings. The van der Waals surface area contributed by atoms with Gasteiger partial charge in [-0.25, -0.2) is 10.5 Å². The molecule has 1 amide bonds. The second-order valence-corrected chi connectivity index (χ2v) is 8.61. The van der Waals surface area contributed by atoms with Crippen LogP contribution in [0, 0.1) is 5.53 Å². The van der Waals surface area contributed by atoms with Crippen LogP contribution in [0.1, 0.15) is 24.3 Å². The molecule has 36 heavy (non-hydrogen) atoms. The van der Waals surface area contributed by atoms with Gasteiger partial charge in [0, 0.05) is 19.0 Å². The van der Waals surface area contributed by atoms with E-state index in [1.54, 1.807) is 18.2 Å². The maximum atomic E-state index is 13.1. The fourth-order valence-corrected chi connectivity index (χ4v) is 4.09. The van der Waals surface area contributed by atoms with E-state index in [9.17, 15) is 4.79 Å². The molecule has 0 saturated heterocycles. The van der Waals surface area contributed by atoms with Crippen molar-refractivity contribution in [1.29, 1.82) is 5.53 Å². The Labute approximate surface area is 234 Å². The van der Waals surface area contributed by atoms with Gasteiger partial charge in [0.2, 0.25) is 0 Å². The van der Waals surface area contributed by atoms with Gasteiger partial charge in [-0.1, -0.05) is 48.5 Å². The lowest BCUT2D eigenvalue weighted by atomic mass is 10.1. The predicted molar refractivity (Wildman–Crippen MR) is 160 cm³/mol. The normalized spacial score (nSPS) is 10.4. The number of thioether (sulfide) groups is 1. The van der Waals surface area contributed by atoms with Gasteiger partial charge in [0.15, 0.2) is 5.82 Å². The Morgan fingerprint density at radius 2 is 1.72 bits per heavy atom. The summed E-state index contributed by atoms with van der Waals surface area (Å²) in [6, 6.07) is 26.6. The lowest BCUT2D eigenvalue weighted by Crippen LogP contribution is -2.13. The second-order valence-electron chi connectivity index (χ2n) is 7.76. The summed E-state index contributed by atoms with van der Waals surface area (Å²) in [7, 11) is 0. The minimum atomic E-state index is -0.213. The minimum absolute atomic E-state index is 0. The molecular formula is C27H30IN5O2S. The molecular weight excluding hydrogens is 585 g/mol. The van der Waals surface area contributed by atoms with Crippen LogP contribution in [0.25, 0.3) is 11.3 Å². The van der Waals surface area contributed by atoms with Crippen LogP contribution < -0.4 is 11.1 Å². The summed E-state index contributed by atoms with van der Waals surface area (Å²) >= 11 is 1.49. The molecule has 0 spiro atoms. The van der Waals surface area contributed by atoms with E-state index < -0.39 is 0 Å². The van der Waals surface area contributed by atoms with E-state index in [0.29, 0.717) is 35.8 Å². The highest BCUT2D eigenvalue weighted by molar-refractivity contribution is 14.0. The number of carbonyl (C=O) groups is 1. The van der Waals surface area contributed by atoms with Gasteiger partial charge >= 0.3 is 0 Å². The Balaban J connectivity index is 0.00000241. The molecule has 0 radical (unpaired) electrons. The maximum Gasteiger partial charge on any atom is 0.256 e. The number of rotatable bonds is 9. The lowest BCUT2D eigenvalue weighted by molar-refractivity contribution is 0.102. The Morgan fingerprint density at radius 1 is 1.03 bits per heavy atom. The number of amides is 1. The smallest absolute Gasteiger partial charge is 0.256 e. The molecule has 0 unspecified atom stereocenters. The molecule has 4 rings (SSSR count). The SMILES string of the molecule is CSc1ccc(-c2ccc(N=N)c(N)n2)cc1C(=O)Nc1ccc(COCc2ccccc2)cc1.I.[HH].[HH]. The number of anilines is 2. The quantitative estimate of drug-likeness (QED) is 0.101. The molecule has 188 valence electrons. The van der Waals surface area contributed by atoms with Crippen LogP contribution >= 0.6 is 35.7 Å². The molecule has 0 saturated carbocycles. The lowest BCUT2D eigenvalue weighted by Gasteiger charge is -2.12. The maximum absolute atomic E-state index is 13.1. The van der Waals surface area contributed by atoms with Crippen molar-refractivity contribution in [2.24, 2.45) is 5.11 Å². The molecule has 0 atom stereocenters. The summed E-state index contributed by atoms with van der Waals surface area (Å²) in [5, 5.41) is 6.32. The van der Waals surface area contributed by atoms with Gasteiger partial charge in [0.25, 0.3) is 5.91 Å². The van der Waals surface area contributed by atoms with E-state index in [2.05, 4.69) is 15.4 Å². The van der Waals surface area contributed by atoms with Crippen molar-refractivity contribution in [1.82, 2.24) is 4.98 Å². The van der Waals surface area contributed by atoms with E-state index >= 15 is 0 Å². The summed E-state index contributed by atoms with van der Waals surface area (Å²) in [6.07, 6.45) is 1.93. The van der Waals surface area contributed by atoms with Crippen LogP contribution in [0.5, 0.6) is 0 Å². The van der Waals surface area contributed by atoms with Crippen LogP contribution in [0.15, 0.2) is 94.9 Å². The first-order valence-electron chi connectivity index (χ1n) is 10.9. The van der Waals surface area contributed by atoms with Crippen LogP contribution in [-0.2, 0) is 18.0 Å². The highest BCUT2D eigenvalue weighted by Crippen LogP contribution is 2.30. The number of pyridine rings is 1. The zero-order chi connectivity index (χ0) is 24.6. The summed E-state index contributed by atoms with van der Waals surface area (Å²) in [5.41, 5.74) is 18.1. The zero-order valence-corrected chi connectivity index (χ0v) is 22.7. The molecule has 0 bridgehead atoms. The van der Waals surface area contributed by atoms with Gasteiger partial charge < -0.3 is 15.8 Å². The number of carbonyl (C=O) groups excluding carboxylic acids is 1. The molecule has 0 aliphatic carbocycles. The van der Waals surface area contributed by atoms with Gasteiger partial charge in [-0.3, -0.25) is 4.79 Å². The van der Waals surface area contributed by atoms with Crippen LogP contribution in [0.2, 0.25) is 0 Å². The summed E-state index contributed by atoms with van der Waals surface area (Å²) < 4.78 is 5.78. The van der Waals surface area contributed by atoms with Crippen LogP contribution in [-0.4, -0.2) is 17.1 Å². The van der Waals surface area contributed by atoms with Crippen molar-refractivity contribution in [2.75, 3.05) is 17.3 Å². The van der Waals surface area contributed by atoms with E-state index in [1.165, 1.54) is 11.8 Å². The Bertz CT molecular complexity index is 1350. The monoisotopic (exact) mass is 615 g/mol. The molecule has 0 aliphatic heterocycles.